The monoisotopic (exact) mass is 379 g/mol. The number of amides is 2. The zero-order valence-corrected chi connectivity index (χ0v) is 15.0. The van der Waals surface area contributed by atoms with Gasteiger partial charge in [-0.05, 0) is 6.07 Å². The van der Waals surface area contributed by atoms with Crippen molar-refractivity contribution in [3.05, 3.63) is 64.6 Å². The van der Waals surface area contributed by atoms with Crippen molar-refractivity contribution in [3.8, 4) is 0 Å². The van der Waals surface area contributed by atoms with Crippen LogP contribution < -0.4 is 11.3 Å². The summed E-state index contributed by atoms with van der Waals surface area (Å²) in [5.74, 6) is -0.276. The third kappa shape index (κ3) is 2.90. The summed E-state index contributed by atoms with van der Waals surface area (Å²) >= 11 is 0. The molecule has 142 valence electrons. The van der Waals surface area contributed by atoms with Crippen molar-refractivity contribution < 1.29 is 9.59 Å². The van der Waals surface area contributed by atoms with Gasteiger partial charge in [0.15, 0.2) is 5.82 Å². The number of nitrogens with one attached hydrogen (secondary N) is 1. The Morgan fingerprint density at radius 1 is 1.25 bits per heavy atom. The van der Waals surface area contributed by atoms with Gasteiger partial charge in [-0.3, -0.25) is 18.8 Å². The molecule has 3 N–H and O–H groups in total. The highest BCUT2D eigenvalue weighted by Gasteiger charge is 2.18. The van der Waals surface area contributed by atoms with Crippen LogP contribution in [-0.4, -0.2) is 47.9 Å². The van der Waals surface area contributed by atoms with Crippen LogP contribution in [0.2, 0.25) is 0 Å². The predicted octanol–water partition coefficient (Wildman–Crippen LogP) is 0.130. The quantitative estimate of drug-likeness (QED) is 0.509. The molecule has 28 heavy (non-hydrogen) atoms. The van der Waals surface area contributed by atoms with Crippen molar-refractivity contribution in [2.45, 2.75) is 13.1 Å². The Kier molecular flexibility index (Phi) is 4.15. The standard InChI is InChI=1S/C18H17N7O3/c1-23(9-14-21-22-17-18(28)20-6-7-25(14)17)15(26)10-24-8-12(16(19)27)11-4-2-3-5-13(11)24/h2-8H,9-10H2,1H3,(H2,19,27)(H,20,28). The SMILES string of the molecule is CN(Cc1nnc2c(=O)[nH]ccn12)C(=O)Cn1cc(C(N)=O)c2ccccc21. The van der Waals surface area contributed by atoms with Crippen LogP contribution in [0.25, 0.3) is 16.6 Å². The van der Waals surface area contributed by atoms with E-state index in [9.17, 15) is 14.4 Å². The molecule has 1 aromatic carbocycles. The van der Waals surface area contributed by atoms with E-state index in [1.54, 1.807) is 34.5 Å². The highest BCUT2D eigenvalue weighted by Crippen LogP contribution is 2.21. The molecule has 4 rings (SSSR count). The Balaban J connectivity index is 1.58. The lowest BCUT2D eigenvalue weighted by Crippen LogP contribution is -2.30. The summed E-state index contributed by atoms with van der Waals surface area (Å²) in [4.78, 5) is 40.1. The molecule has 4 aromatic rings. The molecule has 0 saturated heterocycles. The average molecular weight is 379 g/mol. The highest BCUT2D eigenvalue weighted by molar-refractivity contribution is 6.06. The van der Waals surface area contributed by atoms with Gasteiger partial charge >= 0.3 is 0 Å². The fourth-order valence-electron chi connectivity index (χ4n) is 3.14. The third-order valence-electron chi connectivity index (χ3n) is 4.57. The minimum absolute atomic E-state index is 0.0294. The second kappa shape index (κ2) is 6.65. The van der Waals surface area contributed by atoms with Crippen LogP contribution in [0.3, 0.4) is 0 Å². The molecule has 0 atom stereocenters. The van der Waals surface area contributed by atoms with Crippen molar-refractivity contribution in [2.75, 3.05) is 7.05 Å². The van der Waals surface area contributed by atoms with Gasteiger partial charge in [0.2, 0.25) is 11.6 Å². The fourth-order valence-corrected chi connectivity index (χ4v) is 3.14. The minimum Gasteiger partial charge on any atom is -0.366 e. The van der Waals surface area contributed by atoms with Gasteiger partial charge in [-0.15, -0.1) is 10.2 Å². The van der Waals surface area contributed by atoms with Crippen LogP contribution in [-0.2, 0) is 17.9 Å². The lowest BCUT2D eigenvalue weighted by atomic mass is 10.2. The first-order valence-electron chi connectivity index (χ1n) is 8.48. The maximum atomic E-state index is 12.7. The second-order valence-corrected chi connectivity index (χ2v) is 6.40. The Hall–Kier alpha value is -3.95. The fraction of sp³-hybridized carbons (Fsp3) is 0.167. The van der Waals surface area contributed by atoms with Crippen LogP contribution in [0.4, 0.5) is 0 Å². The van der Waals surface area contributed by atoms with Gasteiger partial charge in [0, 0.05) is 36.5 Å². The lowest BCUT2D eigenvalue weighted by molar-refractivity contribution is -0.131. The number of benzene rings is 1. The van der Waals surface area contributed by atoms with Crippen molar-refractivity contribution >= 4 is 28.4 Å². The highest BCUT2D eigenvalue weighted by atomic mass is 16.2. The second-order valence-electron chi connectivity index (χ2n) is 6.40. The number of carbonyl (C=O) groups is 2. The Bertz CT molecular complexity index is 1270. The lowest BCUT2D eigenvalue weighted by Gasteiger charge is -2.17. The number of likely N-dealkylation sites (N-methyl/N-ethyl adjacent to an activating group) is 1. The van der Waals surface area contributed by atoms with Crippen molar-refractivity contribution in [3.63, 3.8) is 0 Å². The molecule has 0 saturated carbocycles. The molecule has 0 aliphatic rings. The molecular formula is C18H17N7O3. The number of rotatable bonds is 5. The average Bonchev–Trinajstić information content (AvgIpc) is 3.25. The number of nitrogens with zero attached hydrogens (tertiary/aromatic N) is 5. The number of H-pyrrole nitrogens is 1. The maximum Gasteiger partial charge on any atom is 0.293 e. The van der Waals surface area contributed by atoms with Gasteiger partial charge in [0.1, 0.15) is 6.54 Å². The number of aromatic nitrogens is 5. The summed E-state index contributed by atoms with van der Waals surface area (Å²) in [6, 6.07) is 7.26. The first-order valence-corrected chi connectivity index (χ1v) is 8.48. The molecule has 3 aromatic heterocycles. The molecule has 10 nitrogen and oxygen atoms in total. The van der Waals surface area contributed by atoms with Crippen molar-refractivity contribution in [2.24, 2.45) is 5.73 Å². The van der Waals surface area contributed by atoms with Crippen LogP contribution in [0, 0.1) is 0 Å². The summed E-state index contributed by atoms with van der Waals surface area (Å²) in [6.07, 6.45) is 4.70. The summed E-state index contributed by atoms with van der Waals surface area (Å²) in [5, 5.41) is 8.55. The topological polar surface area (TPSA) is 131 Å². The van der Waals surface area contributed by atoms with Crippen LogP contribution in [0.1, 0.15) is 16.2 Å². The number of para-hydroxylation sites is 1. The van der Waals surface area contributed by atoms with E-state index in [0.29, 0.717) is 16.8 Å². The first kappa shape index (κ1) is 17.5. The number of aromatic amines is 1. The molecule has 0 spiro atoms. The number of hydrogen-bond donors (Lipinski definition) is 2. The van der Waals surface area contributed by atoms with E-state index in [1.807, 2.05) is 18.2 Å². The normalized spacial score (nSPS) is 11.2. The summed E-state index contributed by atoms with van der Waals surface area (Å²) in [6.45, 7) is 0.201. The van der Waals surface area contributed by atoms with E-state index in [4.69, 9.17) is 5.73 Å². The van der Waals surface area contributed by atoms with Gasteiger partial charge in [-0.2, -0.15) is 0 Å². The van der Waals surface area contributed by atoms with E-state index in [0.717, 1.165) is 5.52 Å². The number of hydrogen-bond acceptors (Lipinski definition) is 5. The van der Waals surface area contributed by atoms with E-state index in [-0.39, 0.29) is 30.2 Å². The zero-order valence-electron chi connectivity index (χ0n) is 15.0. The molecule has 0 aliphatic carbocycles. The van der Waals surface area contributed by atoms with Crippen molar-refractivity contribution in [1.29, 1.82) is 0 Å². The third-order valence-corrected chi connectivity index (χ3v) is 4.57. The number of nitrogens with two attached hydrogens (primary N) is 1. The van der Waals surface area contributed by atoms with Gasteiger partial charge in [0.05, 0.1) is 12.1 Å². The number of primary amides is 1. The largest absolute Gasteiger partial charge is 0.366 e. The van der Waals surface area contributed by atoms with E-state index < -0.39 is 5.91 Å². The van der Waals surface area contributed by atoms with E-state index in [2.05, 4.69) is 15.2 Å². The molecule has 3 heterocycles. The van der Waals surface area contributed by atoms with E-state index >= 15 is 0 Å². The summed E-state index contributed by atoms with van der Waals surface area (Å²) in [7, 11) is 1.64. The molecule has 2 amide bonds. The Labute approximate surface area is 158 Å². The van der Waals surface area contributed by atoms with Gasteiger partial charge in [-0.25, -0.2) is 0 Å². The van der Waals surface area contributed by atoms with Crippen LogP contribution in [0.15, 0.2) is 47.7 Å². The predicted molar refractivity (Wildman–Crippen MR) is 101 cm³/mol. The van der Waals surface area contributed by atoms with Gasteiger partial charge < -0.3 is 20.2 Å². The number of carbonyl (C=O) groups excluding carboxylic acids is 2. The molecule has 10 heteroatoms. The Morgan fingerprint density at radius 3 is 2.82 bits per heavy atom. The maximum absolute atomic E-state index is 12.7. The first-order chi connectivity index (χ1) is 13.5. The van der Waals surface area contributed by atoms with Crippen molar-refractivity contribution in [1.82, 2.24) is 29.0 Å². The van der Waals surface area contributed by atoms with E-state index in [1.165, 1.54) is 11.1 Å². The van der Waals surface area contributed by atoms with Gasteiger partial charge in [-0.1, -0.05) is 18.2 Å². The zero-order chi connectivity index (χ0) is 19.8. The van der Waals surface area contributed by atoms with Gasteiger partial charge in [0.25, 0.3) is 11.5 Å². The van der Waals surface area contributed by atoms with Crippen LogP contribution in [0.5, 0.6) is 0 Å². The number of fused-ring (bicyclic) bond motifs is 2. The minimum atomic E-state index is -0.545. The molecular weight excluding hydrogens is 362 g/mol. The molecule has 0 fully saturated rings. The van der Waals surface area contributed by atoms with Crippen LogP contribution >= 0.6 is 0 Å². The summed E-state index contributed by atoms with van der Waals surface area (Å²) < 4.78 is 3.24. The molecule has 0 aliphatic heterocycles. The molecule has 0 bridgehead atoms. The molecule has 0 unspecified atom stereocenters. The molecule has 0 radical (unpaired) electrons. The smallest absolute Gasteiger partial charge is 0.293 e. The Morgan fingerprint density at radius 2 is 2.04 bits per heavy atom. The summed E-state index contributed by atoms with van der Waals surface area (Å²) in [5.41, 5.74) is 6.38.